The Labute approximate surface area is 178 Å². The molecular formula is C22H23FN6O2. The predicted molar refractivity (Wildman–Crippen MR) is 114 cm³/mol. The van der Waals surface area contributed by atoms with Gasteiger partial charge in [0.15, 0.2) is 5.82 Å². The molecule has 160 valence electrons. The van der Waals surface area contributed by atoms with Crippen LogP contribution in [0.4, 0.5) is 10.3 Å². The van der Waals surface area contributed by atoms with Gasteiger partial charge in [-0.15, -0.1) is 10.2 Å². The molecule has 4 heterocycles. The number of methoxy groups -OCH3 is 2. The Kier molecular flexibility index (Phi) is 4.82. The van der Waals surface area contributed by atoms with Gasteiger partial charge in [-0.25, -0.2) is 9.37 Å². The second-order valence-corrected chi connectivity index (χ2v) is 7.70. The normalized spacial score (nSPS) is 14.3. The predicted octanol–water partition coefficient (Wildman–Crippen LogP) is 3.05. The summed E-state index contributed by atoms with van der Waals surface area (Å²) >= 11 is 0. The van der Waals surface area contributed by atoms with Gasteiger partial charge in [0, 0.05) is 50.8 Å². The molecule has 31 heavy (non-hydrogen) atoms. The van der Waals surface area contributed by atoms with Crippen molar-refractivity contribution < 1.29 is 13.9 Å². The van der Waals surface area contributed by atoms with E-state index in [1.807, 2.05) is 34.4 Å². The molecule has 5 rings (SSSR count). The van der Waals surface area contributed by atoms with E-state index in [9.17, 15) is 4.39 Å². The minimum atomic E-state index is -0.220. The molecule has 1 fully saturated rings. The van der Waals surface area contributed by atoms with Crippen LogP contribution in [-0.4, -0.2) is 51.6 Å². The van der Waals surface area contributed by atoms with Crippen molar-refractivity contribution in [2.24, 2.45) is 7.05 Å². The maximum atomic E-state index is 13.7. The molecule has 0 amide bonds. The summed E-state index contributed by atoms with van der Waals surface area (Å²) in [5.41, 5.74) is 2.98. The number of benzene rings is 1. The lowest BCUT2D eigenvalue weighted by Crippen LogP contribution is -2.46. The molecular weight excluding hydrogens is 399 g/mol. The first-order valence-electron chi connectivity index (χ1n) is 10.0. The molecule has 0 atom stereocenters. The summed E-state index contributed by atoms with van der Waals surface area (Å²) < 4.78 is 28.1. The van der Waals surface area contributed by atoms with Crippen LogP contribution >= 0.6 is 0 Å². The highest BCUT2D eigenvalue weighted by Crippen LogP contribution is 2.36. The molecule has 0 aliphatic carbocycles. The Morgan fingerprint density at radius 2 is 1.97 bits per heavy atom. The van der Waals surface area contributed by atoms with Crippen LogP contribution in [0.1, 0.15) is 17.3 Å². The van der Waals surface area contributed by atoms with Crippen molar-refractivity contribution in [3.63, 3.8) is 0 Å². The van der Waals surface area contributed by atoms with Gasteiger partial charge in [0.25, 0.3) is 0 Å². The number of fused-ring (bicyclic) bond motifs is 1. The standard InChI is InChI=1S/C22H23FN6O2/c1-27-12-18(17-6-4-15(23)8-19(17)27)14-10-28(11-14)22-26-25-20(13-30-2)29(22)16-5-7-21(31-3)24-9-16/h4-9,12,14H,10-11,13H2,1-3H3. The number of ether oxygens (including phenoxy) is 2. The average Bonchev–Trinajstić information content (AvgIpc) is 3.29. The van der Waals surface area contributed by atoms with E-state index < -0.39 is 0 Å². The smallest absolute Gasteiger partial charge is 0.232 e. The fourth-order valence-electron chi connectivity index (χ4n) is 4.18. The summed E-state index contributed by atoms with van der Waals surface area (Å²) in [5.74, 6) is 2.11. The van der Waals surface area contributed by atoms with Gasteiger partial charge in [-0.2, -0.15) is 0 Å². The van der Waals surface area contributed by atoms with Gasteiger partial charge in [0.05, 0.1) is 24.5 Å². The van der Waals surface area contributed by atoms with E-state index in [0.717, 1.165) is 35.6 Å². The maximum absolute atomic E-state index is 13.7. The summed E-state index contributed by atoms with van der Waals surface area (Å²) in [5, 5.41) is 9.85. The van der Waals surface area contributed by atoms with E-state index in [0.29, 0.717) is 24.2 Å². The van der Waals surface area contributed by atoms with Gasteiger partial charge in [-0.05, 0) is 29.8 Å². The van der Waals surface area contributed by atoms with E-state index in [4.69, 9.17) is 9.47 Å². The first-order valence-corrected chi connectivity index (χ1v) is 10.0. The Morgan fingerprint density at radius 3 is 2.68 bits per heavy atom. The van der Waals surface area contributed by atoms with E-state index >= 15 is 0 Å². The van der Waals surface area contributed by atoms with Crippen molar-refractivity contribution in [2.75, 3.05) is 32.2 Å². The van der Waals surface area contributed by atoms with Crippen molar-refractivity contribution in [3.05, 3.63) is 59.9 Å². The lowest BCUT2D eigenvalue weighted by atomic mass is 9.91. The Bertz CT molecular complexity index is 1230. The summed E-state index contributed by atoms with van der Waals surface area (Å²) in [4.78, 5) is 6.50. The third-order valence-corrected chi connectivity index (χ3v) is 5.76. The van der Waals surface area contributed by atoms with Crippen molar-refractivity contribution >= 4 is 16.9 Å². The molecule has 1 saturated heterocycles. The monoisotopic (exact) mass is 422 g/mol. The third kappa shape index (κ3) is 3.31. The molecule has 3 aromatic heterocycles. The second kappa shape index (κ2) is 7.66. The summed E-state index contributed by atoms with van der Waals surface area (Å²) in [6.45, 7) is 1.93. The number of pyridine rings is 1. The lowest BCUT2D eigenvalue weighted by molar-refractivity contribution is 0.176. The van der Waals surface area contributed by atoms with Gasteiger partial charge >= 0.3 is 0 Å². The summed E-state index contributed by atoms with van der Waals surface area (Å²) in [7, 11) is 5.17. The van der Waals surface area contributed by atoms with Crippen LogP contribution in [0, 0.1) is 5.82 Å². The van der Waals surface area contributed by atoms with Crippen molar-refractivity contribution in [1.82, 2.24) is 24.3 Å². The number of halogens is 1. The first-order chi connectivity index (χ1) is 15.1. The van der Waals surface area contributed by atoms with Crippen LogP contribution in [0.15, 0.2) is 42.7 Å². The number of hydrogen-bond acceptors (Lipinski definition) is 6. The number of anilines is 1. The molecule has 1 aliphatic rings. The van der Waals surface area contributed by atoms with E-state index in [1.165, 1.54) is 11.6 Å². The quantitative estimate of drug-likeness (QED) is 0.476. The van der Waals surface area contributed by atoms with E-state index in [1.54, 1.807) is 26.5 Å². The van der Waals surface area contributed by atoms with Crippen LogP contribution in [0.25, 0.3) is 16.6 Å². The number of hydrogen-bond donors (Lipinski definition) is 0. The van der Waals surface area contributed by atoms with Crippen molar-refractivity contribution in [3.8, 4) is 11.6 Å². The van der Waals surface area contributed by atoms with Crippen LogP contribution in [-0.2, 0) is 18.4 Å². The van der Waals surface area contributed by atoms with E-state index in [-0.39, 0.29) is 5.82 Å². The average molecular weight is 422 g/mol. The molecule has 1 aliphatic heterocycles. The highest BCUT2D eigenvalue weighted by molar-refractivity contribution is 5.85. The number of aromatic nitrogens is 5. The fraction of sp³-hybridized carbons (Fsp3) is 0.318. The zero-order chi connectivity index (χ0) is 21.5. The molecule has 8 nitrogen and oxygen atoms in total. The Morgan fingerprint density at radius 1 is 1.13 bits per heavy atom. The SMILES string of the molecule is COCc1nnc(N2CC(c3cn(C)c4cc(F)ccc34)C2)n1-c1ccc(OC)nc1. The highest BCUT2D eigenvalue weighted by Gasteiger charge is 2.34. The zero-order valence-corrected chi connectivity index (χ0v) is 17.6. The molecule has 1 aromatic carbocycles. The summed E-state index contributed by atoms with van der Waals surface area (Å²) in [6.07, 6.45) is 3.84. The molecule has 0 radical (unpaired) electrons. The maximum Gasteiger partial charge on any atom is 0.232 e. The second-order valence-electron chi connectivity index (χ2n) is 7.70. The van der Waals surface area contributed by atoms with Gasteiger partial charge in [0.1, 0.15) is 12.4 Å². The Hall–Kier alpha value is -3.46. The molecule has 0 spiro atoms. The molecule has 9 heteroatoms. The largest absolute Gasteiger partial charge is 0.481 e. The minimum absolute atomic E-state index is 0.220. The third-order valence-electron chi connectivity index (χ3n) is 5.76. The highest BCUT2D eigenvalue weighted by atomic mass is 19.1. The zero-order valence-electron chi connectivity index (χ0n) is 17.6. The number of aryl methyl sites for hydroxylation is 1. The van der Waals surface area contributed by atoms with E-state index in [2.05, 4.69) is 26.3 Å². The van der Waals surface area contributed by atoms with Crippen LogP contribution in [0.5, 0.6) is 5.88 Å². The minimum Gasteiger partial charge on any atom is -0.481 e. The van der Waals surface area contributed by atoms with Crippen molar-refractivity contribution in [2.45, 2.75) is 12.5 Å². The Balaban J connectivity index is 1.44. The molecule has 4 aromatic rings. The number of nitrogens with zero attached hydrogens (tertiary/aromatic N) is 6. The van der Waals surface area contributed by atoms with Crippen LogP contribution in [0.3, 0.4) is 0 Å². The fourth-order valence-corrected chi connectivity index (χ4v) is 4.18. The van der Waals surface area contributed by atoms with Gasteiger partial charge < -0.3 is 18.9 Å². The summed E-state index contributed by atoms with van der Waals surface area (Å²) in [6, 6.07) is 8.70. The van der Waals surface area contributed by atoms with Gasteiger partial charge in [0.2, 0.25) is 11.8 Å². The molecule has 0 N–H and O–H groups in total. The number of rotatable bonds is 6. The van der Waals surface area contributed by atoms with Crippen molar-refractivity contribution in [1.29, 1.82) is 0 Å². The van der Waals surface area contributed by atoms with Crippen LogP contribution in [0.2, 0.25) is 0 Å². The van der Waals surface area contributed by atoms with Gasteiger partial charge in [-0.3, -0.25) is 4.57 Å². The lowest BCUT2D eigenvalue weighted by Gasteiger charge is -2.39. The topological polar surface area (TPSA) is 70.2 Å². The molecule has 0 unspecified atom stereocenters. The first kappa shape index (κ1) is 19.5. The van der Waals surface area contributed by atoms with Crippen LogP contribution < -0.4 is 9.64 Å². The van der Waals surface area contributed by atoms with Gasteiger partial charge in [-0.1, -0.05) is 0 Å². The molecule has 0 saturated carbocycles. The molecule has 0 bridgehead atoms.